The van der Waals surface area contributed by atoms with Gasteiger partial charge in [0.25, 0.3) is 0 Å². The molecule has 2 N–H and O–H groups in total. The summed E-state index contributed by atoms with van der Waals surface area (Å²) in [5.74, 6) is -0.528. The van der Waals surface area contributed by atoms with Crippen molar-refractivity contribution in [2.75, 3.05) is 27.2 Å². The molecule has 0 aliphatic rings. The molecule has 23 heavy (non-hydrogen) atoms. The van der Waals surface area contributed by atoms with Crippen molar-refractivity contribution in [3.8, 4) is 0 Å². The highest BCUT2D eigenvalue weighted by Crippen LogP contribution is 2.21. The fourth-order valence-electron chi connectivity index (χ4n) is 2.25. The fourth-order valence-corrected chi connectivity index (χ4v) is 2.25. The Morgan fingerprint density at radius 1 is 1.17 bits per heavy atom. The van der Waals surface area contributed by atoms with Crippen molar-refractivity contribution in [3.63, 3.8) is 0 Å². The first-order valence-electron chi connectivity index (χ1n) is 7.68. The number of rotatable bonds is 7. The number of halogens is 1. The van der Waals surface area contributed by atoms with E-state index in [4.69, 9.17) is 5.73 Å². The Hall–Kier alpha value is -1.59. The number of nitrogens with two attached hydrogens (primary N) is 1. The number of carbonyl (C=O) groups excluding carboxylic acids is 2. The molecule has 5 nitrogen and oxygen atoms in total. The lowest BCUT2D eigenvalue weighted by Crippen LogP contribution is -2.44. The lowest BCUT2D eigenvalue weighted by Gasteiger charge is -2.28. The lowest BCUT2D eigenvalue weighted by molar-refractivity contribution is -0.142. The second-order valence-electron chi connectivity index (χ2n) is 5.77. The summed E-state index contributed by atoms with van der Waals surface area (Å²) in [7, 11) is 3.38. The number of hydrogen-bond acceptors (Lipinski definition) is 3. The molecular weight excluding hydrogens is 314 g/mol. The van der Waals surface area contributed by atoms with Crippen LogP contribution in [0.1, 0.15) is 31.9 Å². The molecule has 0 saturated heterocycles. The molecule has 1 aromatic rings. The third kappa shape index (κ3) is 6.20. The molecule has 2 amide bonds. The third-order valence-corrected chi connectivity index (χ3v) is 3.74. The summed E-state index contributed by atoms with van der Waals surface area (Å²) in [6, 6.07) is 9.20. The molecule has 0 aliphatic heterocycles. The van der Waals surface area contributed by atoms with E-state index in [9.17, 15) is 9.59 Å². The molecule has 6 heteroatoms. The first-order chi connectivity index (χ1) is 10.4. The molecular formula is C17H28ClN3O2. The van der Waals surface area contributed by atoms with Crippen LogP contribution in [-0.4, -0.2) is 48.8 Å². The SMILES string of the molecule is CCCN(CC(=O)N(C)C)C(=O)C(C)C(N)c1ccccc1.Cl. The van der Waals surface area contributed by atoms with Gasteiger partial charge in [0.2, 0.25) is 11.8 Å². The summed E-state index contributed by atoms with van der Waals surface area (Å²) in [5, 5.41) is 0. The maximum atomic E-state index is 12.7. The van der Waals surface area contributed by atoms with E-state index >= 15 is 0 Å². The molecule has 130 valence electrons. The standard InChI is InChI=1S/C17H27N3O2.ClH/c1-5-11-20(12-15(21)19(3)4)17(22)13(2)16(18)14-9-7-6-8-10-14;/h6-10,13,16H,5,11-12,18H2,1-4H3;1H. The quantitative estimate of drug-likeness (QED) is 0.825. The van der Waals surface area contributed by atoms with Crippen molar-refractivity contribution in [1.29, 1.82) is 0 Å². The minimum absolute atomic E-state index is 0. The van der Waals surface area contributed by atoms with Crippen LogP contribution in [0, 0.1) is 5.92 Å². The van der Waals surface area contributed by atoms with Gasteiger partial charge < -0.3 is 15.5 Å². The number of nitrogens with zero attached hydrogens (tertiary/aromatic N) is 2. The highest BCUT2D eigenvalue weighted by molar-refractivity contribution is 5.86. The Morgan fingerprint density at radius 3 is 2.22 bits per heavy atom. The van der Waals surface area contributed by atoms with Gasteiger partial charge in [-0.25, -0.2) is 0 Å². The molecule has 1 rings (SSSR count). The van der Waals surface area contributed by atoms with Gasteiger partial charge in [0.05, 0.1) is 12.5 Å². The van der Waals surface area contributed by atoms with Gasteiger partial charge >= 0.3 is 0 Å². The molecule has 0 radical (unpaired) electrons. The molecule has 0 aliphatic carbocycles. The third-order valence-electron chi connectivity index (χ3n) is 3.74. The molecule has 2 atom stereocenters. The van der Waals surface area contributed by atoms with E-state index in [1.807, 2.05) is 44.2 Å². The second-order valence-corrected chi connectivity index (χ2v) is 5.77. The van der Waals surface area contributed by atoms with E-state index in [1.54, 1.807) is 19.0 Å². The van der Waals surface area contributed by atoms with Crippen LogP contribution in [0.4, 0.5) is 0 Å². The number of benzene rings is 1. The van der Waals surface area contributed by atoms with Gasteiger partial charge in [-0.15, -0.1) is 12.4 Å². The number of carbonyl (C=O) groups is 2. The first kappa shape index (κ1) is 21.4. The van der Waals surface area contributed by atoms with Crippen LogP contribution >= 0.6 is 12.4 Å². The summed E-state index contributed by atoms with van der Waals surface area (Å²) in [5.41, 5.74) is 7.15. The van der Waals surface area contributed by atoms with Crippen LogP contribution in [0.3, 0.4) is 0 Å². The van der Waals surface area contributed by atoms with Gasteiger partial charge in [-0.2, -0.15) is 0 Å². The van der Waals surface area contributed by atoms with Crippen molar-refractivity contribution in [2.24, 2.45) is 11.7 Å². The van der Waals surface area contributed by atoms with E-state index in [1.165, 1.54) is 4.90 Å². The van der Waals surface area contributed by atoms with Crippen molar-refractivity contribution >= 4 is 24.2 Å². The Kier molecular flexibility index (Phi) is 9.53. The predicted molar refractivity (Wildman–Crippen MR) is 95.3 cm³/mol. The Morgan fingerprint density at radius 2 is 1.74 bits per heavy atom. The van der Waals surface area contributed by atoms with Crippen LogP contribution in [0.25, 0.3) is 0 Å². The maximum Gasteiger partial charge on any atom is 0.241 e. The van der Waals surface area contributed by atoms with E-state index in [2.05, 4.69) is 0 Å². The van der Waals surface area contributed by atoms with Gasteiger partial charge in [-0.05, 0) is 12.0 Å². The first-order valence-corrected chi connectivity index (χ1v) is 7.68. The lowest BCUT2D eigenvalue weighted by atomic mass is 9.94. The van der Waals surface area contributed by atoms with Crippen molar-refractivity contribution in [1.82, 2.24) is 9.80 Å². The predicted octanol–water partition coefficient (Wildman–Crippen LogP) is 2.07. The van der Waals surface area contributed by atoms with Crippen molar-refractivity contribution in [2.45, 2.75) is 26.3 Å². The zero-order valence-electron chi connectivity index (χ0n) is 14.4. The van der Waals surface area contributed by atoms with Crippen LogP contribution < -0.4 is 5.73 Å². The minimum Gasteiger partial charge on any atom is -0.347 e. The molecule has 0 fully saturated rings. The van der Waals surface area contributed by atoms with Crippen LogP contribution in [0.15, 0.2) is 30.3 Å². The Balaban J connectivity index is 0.00000484. The van der Waals surface area contributed by atoms with Gasteiger partial charge in [0.15, 0.2) is 0 Å². The van der Waals surface area contributed by atoms with Crippen molar-refractivity contribution in [3.05, 3.63) is 35.9 Å². The van der Waals surface area contributed by atoms with Gasteiger partial charge in [-0.3, -0.25) is 9.59 Å². The molecule has 0 aromatic heterocycles. The van der Waals surface area contributed by atoms with Gasteiger partial charge in [0.1, 0.15) is 0 Å². The smallest absolute Gasteiger partial charge is 0.241 e. The largest absolute Gasteiger partial charge is 0.347 e. The number of likely N-dealkylation sites (N-methyl/N-ethyl adjacent to an activating group) is 1. The zero-order valence-corrected chi connectivity index (χ0v) is 15.2. The highest BCUT2D eigenvalue weighted by atomic mass is 35.5. The van der Waals surface area contributed by atoms with Crippen molar-refractivity contribution < 1.29 is 9.59 Å². The molecule has 0 spiro atoms. The van der Waals surface area contributed by atoms with Crippen LogP contribution in [-0.2, 0) is 9.59 Å². The average molecular weight is 342 g/mol. The van der Waals surface area contributed by atoms with Crippen LogP contribution in [0.2, 0.25) is 0 Å². The Bertz CT molecular complexity index is 494. The monoisotopic (exact) mass is 341 g/mol. The maximum absolute atomic E-state index is 12.7. The number of amides is 2. The zero-order chi connectivity index (χ0) is 16.7. The summed E-state index contributed by atoms with van der Waals surface area (Å²) >= 11 is 0. The summed E-state index contributed by atoms with van der Waals surface area (Å²) < 4.78 is 0. The van der Waals surface area contributed by atoms with E-state index < -0.39 is 0 Å². The summed E-state index contributed by atoms with van der Waals surface area (Å²) in [6.45, 7) is 4.47. The molecule has 1 aromatic carbocycles. The topological polar surface area (TPSA) is 66.6 Å². The average Bonchev–Trinajstić information content (AvgIpc) is 2.52. The van der Waals surface area contributed by atoms with Crippen LogP contribution in [0.5, 0.6) is 0 Å². The van der Waals surface area contributed by atoms with Gasteiger partial charge in [-0.1, -0.05) is 44.2 Å². The highest BCUT2D eigenvalue weighted by Gasteiger charge is 2.27. The van der Waals surface area contributed by atoms with E-state index in [-0.39, 0.29) is 42.7 Å². The summed E-state index contributed by atoms with van der Waals surface area (Å²) in [4.78, 5) is 27.7. The minimum atomic E-state index is -0.373. The molecule has 0 bridgehead atoms. The normalized spacial score (nSPS) is 12.7. The van der Waals surface area contributed by atoms with E-state index in [0.29, 0.717) is 6.54 Å². The molecule has 0 heterocycles. The van der Waals surface area contributed by atoms with E-state index in [0.717, 1.165) is 12.0 Å². The molecule has 0 saturated carbocycles. The fraction of sp³-hybridized carbons (Fsp3) is 0.529. The number of hydrogen-bond donors (Lipinski definition) is 1. The summed E-state index contributed by atoms with van der Waals surface area (Å²) in [6.07, 6.45) is 0.805. The van der Waals surface area contributed by atoms with Gasteiger partial charge in [0, 0.05) is 26.7 Å². The Labute approximate surface area is 145 Å². The second kappa shape index (κ2) is 10.2. The molecule has 2 unspecified atom stereocenters.